The molecular weight excluding hydrogens is 448 g/mol. The van der Waals surface area contributed by atoms with Crippen molar-refractivity contribution >= 4 is 55.4 Å². The Morgan fingerprint density at radius 3 is 2.83 bits per heavy atom. The normalized spacial score (nSPS) is 20.8. The molecule has 2 aliphatic rings. The van der Waals surface area contributed by atoms with Crippen LogP contribution in [0.5, 0.6) is 0 Å². The maximum Gasteiger partial charge on any atom is 0.273 e. The molecular formula is C19H19ClN4O4S2. The highest BCUT2D eigenvalue weighted by atomic mass is 35.5. The average molecular weight is 467 g/mol. The van der Waals surface area contributed by atoms with Crippen LogP contribution >= 0.6 is 22.9 Å². The summed E-state index contributed by atoms with van der Waals surface area (Å²) in [4.78, 5) is 30.0. The van der Waals surface area contributed by atoms with Gasteiger partial charge in [-0.05, 0) is 18.1 Å². The molecule has 2 aromatic rings. The molecule has 0 aliphatic carbocycles. The molecule has 1 aromatic carbocycles. The van der Waals surface area contributed by atoms with E-state index in [0.29, 0.717) is 23.0 Å². The van der Waals surface area contributed by atoms with Gasteiger partial charge in [0.15, 0.2) is 15.0 Å². The fraction of sp³-hybridized carbons (Fsp3) is 0.368. The number of benzene rings is 1. The molecule has 2 aliphatic heterocycles. The van der Waals surface area contributed by atoms with Crippen molar-refractivity contribution < 1.29 is 18.0 Å². The minimum absolute atomic E-state index is 0.0336. The van der Waals surface area contributed by atoms with Crippen molar-refractivity contribution in [1.82, 2.24) is 9.99 Å². The highest BCUT2D eigenvalue weighted by molar-refractivity contribution is 7.91. The molecule has 0 bridgehead atoms. The summed E-state index contributed by atoms with van der Waals surface area (Å²) in [6.07, 6.45) is 2.96. The molecule has 11 heteroatoms. The SMILES string of the molecule is O=C(Nc1ncc(Cc2ccccc2Cl)s1)C1=NN(C2CCS(=O)(=O)C2)C(=O)CC1. The van der Waals surface area contributed by atoms with E-state index in [4.69, 9.17) is 11.6 Å². The standard InChI is InChI=1S/C19H19ClN4O4S2/c20-15-4-2-1-3-12(15)9-14-10-21-19(29-14)22-18(26)16-5-6-17(25)24(23-16)13-7-8-30(27,28)11-13/h1-4,10,13H,5-9,11H2,(H,21,22,26). The Hall–Kier alpha value is -2.30. The minimum Gasteiger partial charge on any atom is -0.297 e. The smallest absolute Gasteiger partial charge is 0.273 e. The Kier molecular flexibility index (Phi) is 5.90. The lowest BCUT2D eigenvalue weighted by molar-refractivity contribution is -0.133. The summed E-state index contributed by atoms with van der Waals surface area (Å²) in [5.41, 5.74) is 1.17. The summed E-state index contributed by atoms with van der Waals surface area (Å²) in [7, 11) is -3.16. The van der Waals surface area contributed by atoms with E-state index in [2.05, 4.69) is 15.4 Å². The number of aromatic nitrogens is 1. The number of amides is 2. The molecule has 2 amide bonds. The first-order valence-corrected chi connectivity index (χ1v) is 12.4. The Morgan fingerprint density at radius 1 is 1.30 bits per heavy atom. The average Bonchev–Trinajstić information content (AvgIpc) is 3.29. The quantitative estimate of drug-likeness (QED) is 0.728. The number of anilines is 1. The fourth-order valence-electron chi connectivity index (χ4n) is 3.43. The molecule has 8 nitrogen and oxygen atoms in total. The number of thiazole rings is 1. The van der Waals surface area contributed by atoms with Crippen LogP contribution in [0.3, 0.4) is 0 Å². The molecule has 3 heterocycles. The number of sulfone groups is 1. The Labute approximate surface area is 182 Å². The molecule has 0 spiro atoms. The number of nitrogens with zero attached hydrogens (tertiary/aromatic N) is 3. The Bertz CT molecular complexity index is 1130. The van der Waals surface area contributed by atoms with Gasteiger partial charge in [-0.1, -0.05) is 29.8 Å². The van der Waals surface area contributed by atoms with E-state index in [0.717, 1.165) is 10.4 Å². The lowest BCUT2D eigenvalue weighted by atomic mass is 10.1. The van der Waals surface area contributed by atoms with Crippen LogP contribution in [-0.4, -0.2) is 53.5 Å². The molecule has 0 saturated carbocycles. The number of carbonyl (C=O) groups is 2. The zero-order chi connectivity index (χ0) is 21.3. The van der Waals surface area contributed by atoms with Crippen LogP contribution < -0.4 is 5.32 Å². The second-order valence-corrected chi connectivity index (χ2v) is 10.9. The van der Waals surface area contributed by atoms with E-state index in [-0.39, 0.29) is 36.0 Å². The Balaban J connectivity index is 1.43. The Morgan fingerprint density at radius 2 is 2.10 bits per heavy atom. The van der Waals surface area contributed by atoms with E-state index in [9.17, 15) is 18.0 Å². The van der Waals surface area contributed by atoms with Gasteiger partial charge in [0.25, 0.3) is 5.91 Å². The molecule has 1 aromatic heterocycles. The summed E-state index contributed by atoms with van der Waals surface area (Å²) >= 11 is 7.53. The first-order valence-electron chi connectivity index (χ1n) is 9.40. The molecule has 1 unspecified atom stereocenters. The number of carbonyl (C=O) groups excluding carboxylic acids is 2. The number of hydrogen-bond donors (Lipinski definition) is 1. The van der Waals surface area contributed by atoms with Gasteiger partial charge in [-0.15, -0.1) is 11.3 Å². The minimum atomic E-state index is -3.16. The van der Waals surface area contributed by atoms with Crippen molar-refractivity contribution in [2.24, 2.45) is 5.10 Å². The molecule has 1 N–H and O–H groups in total. The van der Waals surface area contributed by atoms with E-state index < -0.39 is 21.8 Å². The van der Waals surface area contributed by atoms with Crippen LogP contribution in [0, 0.1) is 0 Å². The number of nitrogens with one attached hydrogen (secondary N) is 1. The molecule has 1 fully saturated rings. The maximum absolute atomic E-state index is 12.6. The van der Waals surface area contributed by atoms with Crippen molar-refractivity contribution in [3.63, 3.8) is 0 Å². The molecule has 158 valence electrons. The van der Waals surface area contributed by atoms with Crippen LogP contribution in [0.2, 0.25) is 5.02 Å². The summed E-state index contributed by atoms with van der Waals surface area (Å²) in [5, 5.41) is 9.17. The van der Waals surface area contributed by atoms with E-state index in [1.54, 1.807) is 6.20 Å². The van der Waals surface area contributed by atoms with Gasteiger partial charge in [-0.3, -0.25) is 14.9 Å². The monoisotopic (exact) mass is 466 g/mol. The largest absolute Gasteiger partial charge is 0.297 e. The fourth-order valence-corrected chi connectivity index (χ4v) is 6.16. The van der Waals surface area contributed by atoms with Crippen molar-refractivity contribution in [1.29, 1.82) is 0 Å². The second kappa shape index (κ2) is 8.44. The molecule has 1 saturated heterocycles. The van der Waals surface area contributed by atoms with Gasteiger partial charge in [-0.25, -0.2) is 18.4 Å². The van der Waals surface area contributed by atoms with Gasteiger partial charge in [-0.2, -0.15) is 5.10 Å². The van der Waals surface area contributed by atoms with Gasteiger partial charge in [0.05, 0.1) is 17.5 Å². The molecule has 0 radical (unpaired) electrons. The van der Waals surface area contributed by atoms with Crippen molar-refractivity contribution in [2.45, 2.75) is 31.7 Å². The van der Waals surface area contributed by atoms with Crippen molar-refractivity contribution in [2.75, 3.05) is 16.8 Å². The summed E-state index contributed by atoms with van der Waals surface area (Å²) < 4.78 is 23.4. The summed E-state index contributed by atoms with van der Waals surface area (Å²) in [6.45, 7) is 0. The van der Waals surface area contributed by atoms with Gasteiger partial charge in [0.2, 0.25) is 5.91 Å². The van der Waals surface area contributed by atoms with Gasteiger partial charge >= 0.3 is 0 Å². The molecule has 1 atom stereocenters. The molecule has 4 rings (SSSR count). The highest BCUT2D eigenvalue weighted by Gasteiger charge is 2.37. The predicted octanol–water partition coefficient (Wildman–Crippen LogP) is 2.49. The van der Waals surface area contributed by atoms with Crippen molar-refractivity contribution in [3.05, 3.63) is 45.9 Å². The van der Waals surface area contributed by atoms with Gasteiger partial charge < -0.3 is 0 Å². The maximum atomic E-state index is 12.6. The third-order valence-electron chi connectivity index (χ3n) is 4.97. The zero-order valence-corrected chi connectivity index (χ0v) is 18.3. The van der Waals surface area contributed by atoms with Crippen LogP contribution in [0.4, 0.5) is 5.13 Å². The van der Waals surface area contributed by atoms with Gasteiger partial charge in [0, 0.05) is 35.4 Å². The number of hydrogen-bond acceptors (Lipinski definition) is 7. The number of halogens is 1. The number of rotatable bonds is 5. The van der Waals surface area contributed by atoms with Crippen LogP contribution in [0.15, 0.2) is 35.6 Å². The lowest BCUT2D eigenvalue weighted by Crippen LogP contribution is -2.42. The third-order valence-corrected chi connectivity index (χ3v) is 8.00. The van der Waals surface area contributed by atoms with E-state index in [1.165, 1.54) is 16.3 Å². The summed E-state index contributed by atoms with van der Waals surface area (Å²) in [6, 6.07) is 7.03. The zero-order valence-electron chi connectivity index (χ0n) is 15.9. The summed E-state index contributed by atoms with van der Waals surface area (Å²) in [5.74, 6) is -0.780. The van der Waals surface area contributed by atoms with Crippen LogP contribution in [0.25, 0.3) is 0 Å². The van der Waals surface area contributed by atoms with E-state index in [1.807, 2.05) is 24.3 Å². The van der Waals surface area contributed by atoms with Crippen LogP contribution in [0.1, 0.15) is 29.7 Å². The second-order valence-electron chi connectivity index (χ2n) is 7.20. The van der Waals surface area contributed by atoms with Crippen molar-refractivity contribution in [3.8, 4) is 0 Å². The lowest BCUT2D eigenvalue weighted by Gasteiger charge is -2.27. The number of hydrazone groups is 1. The first kappa shape index (κ1) is 21.0. The molecule has 30 heavy (non-hydrogen) atoms. The van der Waals surface area contributed by atoms with Crippen LogP contribution in [-0.2, 0) is 25.8 Å². The van der Waals surface area contributed by atoms with Gasteiger partial charge in [0.1, 0.15) is 5.71 Å². The third kappa shape index (κ3) is 4.71. The topological polar surface area (TPSA) is 109 Å². The first-order chi connectivity index (χ1) is 14.3. The predicted molar refractivity (Wildman–Crippen MR) is 116 cm³/mol. The highest BCUT2D eigenvalue weighted by Crippen LogP contribution is 2.26. The van der Waals surface area contributed by atoms with E-state index >= 15 is 0 Å².